The molecule has 0 spiro atoms. The van der Waals surface area contributed by atoms with E-state index in [1.165, 1.54) is 24.9 Å². The van der Waals surface area contributed by atoms with Crippen LogP contribution in [0, 0.1) is 0 Å². The molecule has 3 heteroatoms. The van der Waals surface area contributed by atoms with Crippen molar-refractivity contribution in [1.82, 2.24) is 4.90 Å². The molecule has 1 aliphatic heterocycles. The fraction of sp³-hybridized carbons (Fsp3) is 0.600. The van der Waals surface area contributed by atoms with Crippen molar-refractivity contribution in [2.45, 2.75) is 19.3 Å². The zero-order valence-corrected chi connectivity index (χ0v) is 11.0. The van der Waals surface area contributed by atoms with Gasteiger partial charge in [0, 0.05) is 31.9 Å². The molecule has 1 fully saturated rings. The normalized spacial score (nSPS) is 19.8. The van der Waals surface area contributed by atoms with Gasteiger partial charge < -0.3 is 10.1 Å². The van der Waals surface area contributed by atoms with Crippen molar-refractivity contribution >= 4 is 5.69 Å². The van der Waals surface area contributed by atoms with Crippen LogP contribution in [0.1, 0.15) is 17.5 Å². The molecule has 0 unspecified atom stereocenters. The Labute approximate surface area is 109 Å². The van der Waals surface area contributed by atoms with Crippen LogP contribution in [-0.2, 0) is 17.6 Å². The van der Waals surface area contributed by atoms with E-state index in [0.717, 1.165) is 39.4 Å². The molecular weight excluding hydrogens is 224 g/mol. The average Bonchev–Trinajstić information content (AvgIpc) is 2.87. The van der Waals surface area contributed by atoms with Crippen LogP contribution in [0.25, 0.3) is 0 Å². The summed E-state index contributed by atoms with van der Waals surface area (Å²) < 4.78 is 5.35. The van der Waals surface area contributed by atoms with Gasteiger partial charge in [-0.05, 0) is 42.5 Å². The Morgan fingerprint density at radius 2 is 1.94 bits per heavy atom. The Balaban J connectivity index is 1.48. The number of fused-ring (bicyclic) bond motifs is 1. The Hall–Kier alpha value is -1.06. The van der Waals surface area contributed by atoms with Crippen LogP contribution in [0.4, 0.5) is 5.69 Å². The van der Waals surface area contributed by atoms with Gasteiger partial charge in [0.25, 0.3) is 0 Å². The molecule has 1 aromatic carbocycles. The molecule has 1 saturated heterocycles. The van der Waals surface area contributed by atoms with Gasteiger partial charge in [0.1, 0.15) is 0 Å². The van der Waals surface area contributed by atoms with Gasteiger partial charge in [-0.15, -0.1) is 0 Å². The number of ether oxygens (including phenoxy) is 1. The highest BCUT2D eigenvalue weighted by molar-refractivity contribution is 5.50. The smallest absolute Gasteiger partial charge is 0.0594 e. The van der Waals surface area contributed by atoms with Crippen molar-refractivity contribution in [1.29, 1.82) is 0 Å². The van der Waals surface area contributed by atoms with Crippen LogP contribution in [0.5, 0.6) is 0 Å². The third-order valence-corrected chi connectivity index (χ3v) is 3.96. The Morgan fingerprint density at radius 3 is 2.83 bits per heavy atom. The second-order valence-corrected chi connectivity index (χ2v) is 5.22. The number of anilines is 1. The quantitative estimate of drug-likeness (QED) is 0.878. The van der Waals surface area contributed by atoms with Crippen LogP contribution in [0.15, 0.2) is 18.2 Å². The second-order valence-electron chi connectivity index (χ2n) is 5.22. The summed E-state index contributed by atoms with van der Waals surface area (Å²) in [6, 6.07) is 6.85. The summed E-state index contributed by atoms with van der Waals surface area (Å²) in [5.41, 5.74) is 4.38. The lowest BCUT2D eigenvalue weighted by Crippen LogP contribution is -2.39. The number of morpholine rings is 1. The van der Waals surface area contributed by atoms with Crippen LogP contribution < -0.4 is 5.32 Å². The number of nitrogens with zero attached hydrogens (tertiary/aromatic N) is 1. The lowest BCUT2D eigenvalue weighted by atomic mass is 10.1. The number of benzene rings is 1. The summed E-state index contributed by atoms with van der Waals surface area (Å²) in [5.74, 6) is 0. The summed E-state index contributed by atoms with van der Waals surface area (Å²) >= 11 is 0. The van der Waals surface area contributed by atoms with Crippen LogP contribution in [-0.4, -0.2) is 44.3 Å². The molecule has 0 aromatic heterocycles. The number of hydrogen-bond donors (Lipinski definition) is 1. The first-order valence-corrected chi connectivity index (χ1v) is 7.07. The van der Waals surface area contributed by atoms with Crippen molar-refractivity contribution in [3.05, 3.63) is 29.3 Å². The number of aryl methyl sites for hydroxylation is 2. The topological polar surface area (TPSA) is 24.5 Å². The standard InChI is InChI=1S/C15H22N2O/c1-2-13-4-5-15(12-14(13)3-1)16-6-7-17-8-10-18-11-9-17/h4-5,12,16H,1-3,6-11H2. The predicted molar refractivity (Wildman–Crippen MR) is 74.2 cm³/mol. The minimum Gasteiger partial charge on any atom is -0.384 e. The summed E-state index contributed by atoms with van der Waals surface area (Å²) in [5, 5.41) is 3.54. The van der Waals surface area contributed by atoms with Crippen molar-refractivity contribution in [3.8, 4) is 0 Å². The van der Waals surface area contributed by atoms with Crippen molar-refractivity contribution in [2.24, 2.45) is 0 Å². The molecule has 1 aliphatic carbocycles. The van der Waals surface area contributed by atoms with E-state index in [2.05, 4.69) is 28.4 Å². The highest BCUT2D eigenvalue weighted by Gasteiger charge is 2.11. The predicted octanol–water partition coefficient (Wildman–Crippen LogP) is 1.92. The molecule has 0 saturated carbocycles. The Bertz CT molecular complexity index is 399. The molecule has 1 N–H and O–H groups in total. The van der Waals surface area contributed by atoms with E-state index < -0.39 is 0 Å². The van der Waals surface area contributed by atoms with Gasteiger partial charge in [0.05, 0.1) is 13.2 Å². The molecule has 3 nitrogen and oxygen atoms in total. The number of nitrogens with one attached hydrogen (secondary N) is 1. The third kappa shape index (κ3) is 2.85. The van der Waals surface area contributed by atoms with Gasteiger partial charge in [-0.1, -0.05) is 6.07 Å². The van der Waals surface area contributed by atoms with Crippen molar-refractivity contribution < 1.29 is 4.74 Å². The summed E-state index contributed by atoms with van der Waals surface area (Å²) in [7, 11) is 0. The molecule has 1 aromatic rings. The zero-order valence-electron chi connectivity index (χ0n) is 11.0. The number of hydrogen-bond acceptors (Lipinski definition) is 3. The van der Waals surface area contributed by atoms with E-state index in [9.17, 15) is 0 Å². The van der Waals surface area contributed by atoms with Crippen molar-refractivity contribution in [2.75, 3.05) is 44.7 Å². The Kier molecular flexibility index (Phi) is 3.81. The molecule has 1 heterocycles. The molecule has 2 aliphatic rings. The van der Waals surface area contributed by atoms with E-state index in [-0.39, 0.29) is 0 Å². The average molecular weight is 246 g/mol. The van der Waals surface area contributed by atoms with Gasteiger partial charge in [0.2, 0.25) is 0 Å². The largest absolute Gasteiger partial charge is 0.384 e. The van der Waals surface area contributed by atoms with E-state index in [0.29, 0.717) is 0 Å². The monoisotopic (exact) mass is 246 g/mol. The van der Waals surface area contributed by atoms with Gasteiger partial charge in [-0.25, -0.2) is 0 Å². The van der Waals surface area contributed by atoms with E-state index >= 15 is 0 Å². The zero-order chi connectivity index (χ0) is 12.2. The maximum atomic E-state index is 5.35. The summed E-state index contributed by atoms with van der Waals surface area (Å²) in [6.45, 7) is 6.06. The fourth-order valence-corrected chi connectivity index (χ4v) is 2.86. The molecule has 3 rings (SSSR count). The molecule has 0 amide bonds. The second kappa shape index (κ2) is 5.72. The number of rotatable bonds is 4. The minimum absolute atomic E-state index is 0.888. The van der Waals surface area contributed by atoms with E-state index in [1.807, 2.05) is 0 Å². The Morgan fingerprint density at radius 1 is 1.11 bits per heavy atom. The van der Waals surface area contributed by atoms with E-state index in [1.54, 1.807) is 11.1 Å². The third-order valence-electron chi connectivity index (χ3n) is 3.96. The van der Waals surface area contributed by atoms with Gasteiger partial charge >= 0.3 is 0 Å². The molecule has 0 radical (unpaired) electrons. The minimum atomic E-state index is 0.888. The first kappa shape index (κ1) is 12.0. The molecule has 0 atom stereocenters. The molecule has 18 heavy (non-hydrogen) atoms. The molecule has 98 valence electrons. The maximum absolute atomic E-state index is 5.35. The highest BCUT2D eigenvalue weighted by atomic mass is 16.5. The highest BCUT2D eigenvalue weighted by Crippen LogP contribution is 2.24. The lowest BCUT2D eigenvalue weighted by Gasteiger charge is -2.26. The van der Waals surface area contributed by atoms with Gasteiger partial charge in [-0.3, -0.25) is 4.90 Å². The lowest BCUT2D eigenvalue weighted by molar-refractivity contribution is 0.0398. The van der Waals surface area contributed by atoms with E-state index in [4.69, 9.17) is 4.74 Å². The molecular formula is C15H22N2O. The van der Waals surface area contributed by atoms with Crippen LogP contribution in [0.3, 0.4) is 0 Å². The fourth-order valence-electron chi connectivity index (χ4n) is 2.86. The van der Waals surface area contributed by atoms with Crippen molar-refractivity contribution in [3.63, 3.8) is 0 Å². The van der Waals surface area contributed by atoms with Gasteiger partial charge in [0.15, 0.2) is 0 Å². The van der Waals surface area contributed by atoms with Crippen LogP contribution in [0.2, 0.25) is 0 Å². The SMILES string of the molecule is c1cc2c(cc1NCCN1CCOCC1)CCC2. The summed E-state index contributed by atoms with van der Waals surface area (Å²) in [6.07, 6.45) is 3.85. The first-order chi connectivity index (χ1) is 8.92. The van der Waals surface area contributed by atoms with Gasteiger partial charge in [-0.2, -0.15) is 0 Å². The van der Waals surface area contributed by atoms with Crippen LogP contribution >= 0.6 is 0 Å². The summed E-state index contributed by atoms with van der Waals surface area (Å²) in [4.78, 5) is 2.46. The maximum Gasteiger partial charge on any atom is 0.0594 e. The molecule has 0 bridgehead atoms. The first-order valence-electron chi connectivity index (χ1n) is 7.07.